The maximum absolute atomic E-state index is 6.01. The van der Waals surface area contributed by atoms with E-state index in [9.17, 15) is 0 Å². The van der Waals surface area contributed by atoms with Gasteiger partial charge in [-0.1, -0.05) is 17.7 Å². The van der Waals surface area contributed by atoms with Crippen LogP contribution in [0.15, 0.2) is 18.2 Å². The number of aryl methyl sites for hydroxylation is 1. The van der Waals surface area contributed by atoms with Crippen molar-refractivity contribution in [3.8, 4) is 5.75 Å². The summed E-state index contributed by atoms with van der Waals surface area (Å²) in [5.41, 5.74) is 1.16. The van der Waals surface area contributed by atoms with Gasteiger partial charge in [0.1, 0.15) is 18.9 Å². The predicted molar refractivity (Wildman–Crippen MR) is 59.0 cm³/mol. The highest BCUT2D eigenvalue weighted by Gasteiger charge is 2.00. The minimum Gasteiger partial charge on any atom is -0.486 e. The summed E-state index contributed by atoms with van der Waals surface area (Å²) in [6.45, 7) is 6.90. The Morgan fingerprint density at radius 1 is 1.43 bits per heavy atom. The Hall–Kier alpha value is -0.730. The zero-order valence-corrected chi connectivity index (χ0v) is 9.47. The van der Waals surface area contributed by atoms with Crippen LogP contribution >= 0.6 is 11.6 Å². The van der Waals surface area contributed by atoms with Crippen LogP contribution < -0.4 is 10.1 Å². The van der Waals surface area contributed by atoms with Gasteiger partial charge in [0, 0.05) is 0 Å². The molecule has 2 nitrogen and oxygen atoms in total. The summed E-state index contributed by atoms with van der Waals surface area (Å²) >= 11 is 6.01. The molecule has 0 aliphatic heterocycles. The molecule has 1 aromatic carbocycles. The van der Waals surface area contributed by atoms with Crippen molar-refractivity contribution in [2.24, 2.45) is 0 Å². The fraction of sp³-hybridized carbons (Fsp3) is 0.455. The fourth-order valence-electron chi connectivity index (χ4n) is 1.18. The third-order valence-corrected chi connectivity index (χ3v) is 2.25. The van der Waals surface area contributed by atoms with Gasteiger partial charge < -0.3 is 10.1 Å². The van der Waals surface area contributed by atoms with E-state index in [1.54, 1.807) is 0 Å². The van der Waals surface area contributed by atoms with Crippen LogP contribution in [0, 0.1) is 6.92 Å². The number of halogens is 1. The molecule has 0 spiro atoms. The number of ether oxygens (including phenoxy) is 1. The van der Waals surface area contributed by atoms with Gasteiger partial charge in [-0.05, 0) is 31.5 Å². The molecule has 0 aliphatic rings. The predicted octanol–water partition coefficient (Wildman–Crippen LogP) is 1.61. The normalized spacial score (nSPS) is 10.2. The van der Waals surface area contributed by atoms with Crippen molar-refractivity contribution in [1.82, 2.24) is 0 Å². The van der Waals surface area contributed by atoms with Crippen LogP contribution in [0.1, 0.15) is 12.5 Å². The van der Waals surface area contributed by atoms with Gasteiger partial charge in [0.15, 0.2) is 0 Å². The number of rotatable bonds is 5. The van der Waals surface area contributed by atoms with Crippen LogP contribution in [0.3, 0.4) is 0 Å². The van der Waals surface area contributed by atoms with Gasteiger partial charge in [0.05, 0.1) is 11.6 Å². The lowest BCUT2D eigenvalue weighted by atomic mass is 10.2. The second kappa shape index (κ2) is 5.89. The van der Waals surface area contributed by atoms with Crippen LogP contribution in [0.4, 0.5) is 0 Å². The van der Waals surface area contributed by atoms with Crippen LogP contribution in [-0.2, 0) is 0 Å². The standard InChI is InChI=1S/C11H16ClNO/c1-3-13-6-7-14-11-5-4-9(2)8-10(11)12/h4-5,8,13H,3,6-7H2,1-2H3/p+1. The Labute approximate surface area is 90.2 Å². The minimum absolute atomic E-state index is 0.696. The second-order valence-electron chi connectivity index (χ2n) is 3.27. The lowest BCUT2D eigenvalue weighted by Crippen LogP contribution is -2.84. The van der Waals surface area contributed by atoms with Crippen molar-refractivity contribution < 1.29 is 10.1 Å². The molecule has 0 atom stereocenters. The first-order chi connectivity index (χ1) is 6.74. The Morgan fingerprint density at radius 2 is 2.21 bits per heavy atom. The quantitative estimate of drug-likeness (QED) is 0.741. The second-order valence-corrected chi connectivity index (χ2v) is 3.68. The summed E-state index contributed by atoms with van der Waals surface area (Å²) in [5.74, 6) is 0.779. The van der Waals surface area contributed by atoms with Crippen LogP contribution in [0.5, 0.6) is 5.75 Å². The third-order valence-electron chi connectivity index (χ3n) is 1.96. The highest BCUT2D eigenvalue weighted by molar-refractivity contribution is 6.32. The summed E-state index contributed by atoms with van der Waals surface area (Å²) in [7, 11) is 0. The molecule has 0 aliphatic carbocycles. The molecule has 0 amide bonds. The summed E-state index contributed by atoms with van der Waals surface area (Å²) in [6, 6.07) is 5.84. The van der Waals surface area contributed by atoms with Crippen molar-refractivity contribution in [2.45, 2.75) is 13.8 Å². The van der Waals surface area contributed by atoms with E-state index < -0.39 is 0 Å². The van der Waals surface area contributed by atoms with Crippen molar-refractivity contribution >= 4 is 11.6 Å². The molecule has 14 heavy (non-hydrogen) atoms. The van der Waals surface area contributed by atoms with Gasteiger partial charge in [-0.3, -0.25) is 0 Å². The Kier molecular flexibility index (Phi) is 4.77. The molecule has 0 saturated heterocycles. The molecule has 2 N–H and O–H groups in total. The Morgan fingerprint density at radius 3 is 2.86 bits per heavy atom. The molecule has 0 unspecified atom stereocenters. The first-order valence-corrected chi connectivity index (χ1v) is 5.32. The summed E-state index contributed by atoms with van der Waals surface area (Å²) in [6.07, 6.45) is 0. The van der Waals surface area contributed by atoms with Crippen LogP contribution in [0.2, 0.25) is 5.02 Å². The zero-order valence-electron chi connectivity index (χ0n) is 8.72. The summed E-state index contributed by atoms with van der Waals surface area (Å²) < 4.78 is 5.53. The molecule has 0 saturated carbocycles. The average molecular weight is 215 g/mol. The van der Waals surface area contributed by atoms with Gasteiger partial charge in [0.2, 0.25) is 0 Å². The molecule has 3 heteroatoms. The van der Waals surface area contributed by atoms with E-state index in [4.69, 9.17) is 16.3 Å². The zero-order chi connectivity index (χ0) is 10.4. The highest BCUT2D eigenvalue weighted by Crippen LogP contribution is 2.24. The molecule has 0 aromatic heterocycles. The monoisotopic (exact) mass is 214 g/mol. The van der Waals surface area contributed by atoms with E-state index in [2.05, 4.69) is 12.2 Å². The van der Waals surface area contributed by atoms with Gasteiger partial charge >= 0.3 is 0 Å². The molecule has 0 heterocycles. The summed E-state index contributed by atoms with van der Waals surface area (Å²) in [4.78, 5) is 0. The first-order valence-electron chi connectivity index (χ1n) is 4.94. The fourth-order valence-corrected chi connectivity index (χ4v) is 1.47. The van der Waals surface area contributed by atoms with Crippen LogP contribution in [0.25, 0.3) is 0 Å². The number of benzene rings is 1. The van der Waals surface area contributed by atoms with E-state index in [0.717, 1.165) is 24.4 Å². The van der Waals surface area contributed by atoms with Gasteiger partial charge in [-0.15, -0.1) is 0 Å². The lowest BCUT2D eigenvalue weighted by molar-refractivity contribution is -0.652. The SMILES string of the molecule is CC[NH2+]CCOc1ccc(C)cc1Cl. The number of likely N-dealkylation sites (N-methyl/N-ethyl adjacent to an activating group) is 1. The Bertz CT molecular complexity index is 289. The average Bonchev–Trinajstić information content (AvgIpc) is 2.15. The maximum atomic E-state index is 6.01. The van der Waals surface area contributed by atoms with Gasteiger partial charge in [-0.2, -0.15) is 0 Å². The molecule has 0 radical (unpaired) electrons. The molecule has 0 fully saturated rings. The molecule has 78 valence electrons. The third kappa shape index (κ3) is 3.56. The maximum Gasteiger partial charge on any atom is 0.138 e. The number of nitrogens with two attached hydrogens (primary N) is 1. The minimum atomic E-state index is 0.696. The molecular formula is C11H17ClNO+. The van der Waals surface area contributed by atoms with Gasteiger partial charge in [0.25, 0.3) is 0 Å². The van der Waals surface area contributed by atoms with E-state index in [1.165, 1.54) is 0 Å². The summed E-state index contributed by atoms with van der Waals surface area (Å²) in [5, 5.41) is 2.89. The number of hydrogen-bond acceptors (Lipinski definition) is 1. The highest BCUT2D eigenvalue weighted by atomic mass is 35.5. The molecular weight excluding hydrogens is 198 g/mol. The van der Waals surface area contributed by atoms with E-state index in [-0.39, 0.29) is 0 Å². The largest absolute Gasteiger partial charge is 0.486 e. The van der Waals surface area contributed by atoms with E-state index in [0.29, 0.717) is 11.6 Å². The number of hydrogen-bond donors (Lipinski definition) is 1. The molecule has 1 aromatic rings. The van der Waals surface area contributed by atoms with E-state index in [1.807, 2.05) is 25.1 Å². The van der Waals surface area contributed by atoms with Crippen LogP contribution in [-0.4, -0.2) is 19.7 Å². The van der Waals surface area contributed by atoms with Gasteiger partial charge in [-0.25, -0.2) is 0 Å². The topological polar surface area (TPSA) is 25.8 Å². The van der Waals surface area contributed by atoms with Crippen molar-refractivity contribution in [2.75, 3.05) is 19.7 Å². The molecule has 0 bridgehead atoms. The van der Waals surface area contributed by atoms with Crippen molar-refractivity contribution in [3.63, 3.8) is 0 Å². The lowest BCUT2D eigenvalue weighted by Gasteiger charge is -2.07. The Balaban J connectivity index is 2.42. The smallest absolute Gasteiger partial charge is 0.138 e. The van der Waals surface area contributed by atoms with Crippen molar-refractivity contribution in [1.29, 1.82) is 0 Å². The van der Waals surface area contributed by atoms with E-state index >= 15 is 0 Å². The van der Waals surface area contributed by atoms with Crippen molar-refractivity contribution in [3.05, 3.63) is 28.8 Å². The number of quaternary nitrogens is 1. The first kappa shape index (κ1) is 11.3. The molecule has 1 rings (SSSR count).